The maximum absolute atomic E-state index is 11.1. The molecule has 0 spiro atoms. The summed E-state index contributed by atoms with van der Waals surface area (Å²) in [5.41, 5.74) is 6.03. The Hall–Kier alpha value is -4.27. The van der Waals surface area contributed by atoms with Gasteiger partial charge >= 0.3 is 5.69 Å². The van der Waals surface area contributed by atoms with Gasteiger partial charge in [-0.3, -0.25) is 25.7 Å². The highest BCUT2D eigenvalue weighted by atomic mass is 16.6. The van der Waals surface area contributed by atoms with Crippen LogP contribution in [0.1, 0.15) is 22.3 Å². The van der Waals surface area contributed by atoms with Crippen molar-refractivity contribution in [1.82, 2.24) is 0 Å². The van der Waals surface area contributed by atoms with Crippen LogP contribution in [0.4, 0.5) is 17.1 Å². The van der Waals surface area contributed by atoms with Gasteiger partial charge in [-0.15, -0.1) is 0 Å². The minimum Gasteiger partial charge on any atom is -0.489 e. The van der Waals surface area contributed by atoms with Gasteiger partial charge < -0.3 is 4.74 Å². The third-order valence-corrected chi connectivity index (χ3v) is 4.35. The molecule has 0 fully saturated rings. The summed E-state index contributed by atoms with van der Waals surface area (Å²) in [5, 5.41) is 25.9. The van der Waals surface area contributed by atoms with Crippen molar-refractivity contribution < 1.29 is 14.6 Å². The number of nitrogens with one attached hydrogen (secondary N) is 1. The predicted molar refractivity (Wildman–Crippen MR) is 118 cm³/mol. The minimum absolute atomic E-state index is 0.0558. The van der Waals surface area contributed by atoms with E-state index in [-0.39, 0.29) is 11.4 Å². The van der Waals surface area contributed by atoms with Gasteiger partial charge in [-0.2, -0.15) is 5.10 Å². The number of aryl methyl sites for hydroxylation is 2. The largest absolute Gasteiger partial charge is 0.489 e. The number of ether oxygens (including phenoxy) is 1. The lowest BCUT2D eigenvalue weighted by Gasteiger charge is -2.08. The number of benzene rings is 3. The summed E-state index contributed by atoms with van der Waals surface area (Å²) < 4.78 is 5.81. The average molecular weight is 420 g/mol. The molecule has 0 aliphatic heterocycles. The molecule has 1 N–H and O–H groups in total. The number of rotatable bonds is 8. The summed E-state index contributed by atoms with van der Waals surface area (Å²) in [6.07, 6.45) is 1.48. The highest BCUT2D eigenvalue weighted by Gasteiger charge is 2.19. The number of anilines is 1. The normalized spacial score (nSPS) is 10.8. The van der Waals surface area contributed by atoms with E-state index in [4.69, 9.17) is 4.74 Å². The molecule has 0 heterocycles. The smallest absolute Gasteiger partial charge is 0.301 e. The first kappa shape index (κ1) is 21.4. The van der Waals surface area contributed by atoms with Crippen molar-refractivity contribution in [2.75, 3.05) is 5.43 Å². The van der Waals surface area contributed by atoms with Crippen molar-refractivity contribution in [3.63, 3.8) is 0 Å². The van der Waals surface area contributed by atoms with Crippen molar-refractivity contribution in [3.05, 3.63) is 103 Å². The van der Waals surface area contributed by atoms with Gasteiger partial charge in [0.25, 0.3) is 5.69 Å². The Labute approximate surface area is 178 Å². The number of hydrazone groups is 1. The van der Waals surface area contributed by atoms with Crippen molar-refractivity contribution in [2.45, 2.75) is 20.5 Å². The average Bonchev–Trinajstić information content (AvgIpc) is 2.72. The van der Waals surface area contributed by atoms with Crippen LogP contribution in [0.15, 0.2) is 65.8 Å². The van der Waals surface area contributed by atoms with E-state index < -0.39 is 15.5 Å². The third kappa shape index (κ3) is 5.86. The first-order chi connectivity index (χ1) is 14.8. The molecule has 0 saturated carbocycles. The zero-order valence-corrected chi connectivity index (χ0v) is 16.9. The Bertz CT molecular complexity index is 1120. The van der Waals surface area contributed by atoms with Gasteiger partial charge in [0.15, 0.2) is 0 Å². The molecule has 31 heavy (non-hydrogen) atoms. The summed E-state index contributed by atoms with van der Waals surface area (Å²) in [6.45, 7) is 4.55. The second-order valence-electron chi connectivity index (χ2n) is 6.94. The molecule has 0 atom stereocenters. The summed E-state index contributed by atoms with van der Waals surface area (Å²) in [6, 6.07) is 16.8. The lowest BCUT2D eigenvalue weighted by atomic mass is 10.1. The van der Waals surface area contributed by atoms with E-state index in [0.29, 0.717) is 12.4 Å². The molecule has 3 aromatic rings. The fraction of sp³-hybridized carbons (Fsp3) is 0.136. The maximum Gasteiger partial charge on any atom is 0.301 e. The number of non-ortho nitro benzene ring substituents is 1. The van der Waals surface area contributed by atoms with E-state index in [1.807, 2.05) is 13.8 Å². The van der Waals surface area contributed by atoms with E-state index in [0.717, 1.165) is 17.2 Å². The third-order valence-electron chi connectivity index (χ3n) is 4.35. The quantitative estimate of drug-likeness (QED) is 0.306. The van der Waals surface area contributed by atoms with Crippen LogP contribution in [0.2, 0.25) is 0 Å². The Balaban J connectivity index is 1.62. The molecule has 0 aromatic heterocycles. The van der Waals surface area contributed by atoms with Crippen LogP contribution in [-0.2, 0) is 6.61 Å². The lowest BCUT2D eigenvalue weighted by Crippen LogP contribution is -1.99. The summed E-state index contributed by atoms with van der Waals surface area (Å²) in [4.78, 5) is 20.5. The number of hydrogen-bond donors (Lipinski definition) is 1. The van der Waals surface area contributed by atoms with E-state index >= 15 is 0 Å². The van der Waals surface area contributed by atoms with Crippen LogP contribution in [0, 0.1) is 34.1 Å². The monoisotopic (exact) mass is 420 g/mol. The zero-order chi connectivity index (χ0) is 22.4. The van der Waals surface area contributed by atoms with Gasteiger partial charge in [0.2, 0.25) is 0 Å². The van der Waals surface area contributed by atoms with Gasteiger partial charge in [-0.05, 0) is 55.3 Å². The van der Waals surface area contributed by atoms with Crippen molar-refractivity contribution in [2.24, 2.45) is 5.10 Å². The fourth-order valence-electron chi connectivity index (χ4n) is 3.02. The highest BCUT2D eigenvalue weighted by molar-refractivity contribution is 5.80. The predicted octanol–water partition coefficient (Wildman–Crippen LogP) is 5.14. The van der Waals surface area contributed by atoms with Crippen LogP contribution in [0.5, 0.6) is 5.75 Å². The second kappa shape index (κ2) is 9.49. The van der Waals surface area contributed by atoms with Crippen LogP contribution in [0.25, 0.3) is 0 Å². The van der Waals surface area contributed by atoms with Gasteiger partial charge in [0, 0.05) is 6.07 Å². The molecule has 0 saturated heterocycles. The lowest BCUT2D eigenvalue weighted by molar-refractivity contribution is -0.393. The number of nitro benzene ring substituents is 2. The van der Waals surface area contributed by atoms with Crippen LogP contribution < -0.4 is 10.2 Å². The van der Waals surface area contributed by atoms with Gasteiger partial charge in [-0.25, -0.2) is 0 Å². The van der Waals surface area contributed by atoms with Crippen molar-refractivity contribution >= 4 is 23.3 Å². The topological polar surface area (TPSA) is 120 Å². The summed E-state index contributed by atoms with van der Waals surface area (Å²) in [5.74, 6) is 0.704. The summed E-state index contributed by atoms with van der Waals surface area (Å²) >= 11 is 0. The van der Waals surface area contributed by atoms with E-state index in [2.05, 4.69) is 28.7 Å². The molecule has 0 amide bonds. The molecule has 9 heteroatoms. The van der Waals surface area contributed by atoms with Gasteiger partial charge in [0.05, 0.1) is 22.1 Å². The van der Waals surface area contributed by atoms with Crippen molar-refractivity contribution in [1.29, 1.82) is 0 Å². The highest BCUT2D eigenvalue weighted by Crippen LogP contribution is 2.28. The Morgan fingerprint density at radius 3 is 2.23 bits per heavy atom. The second-order valence-corrected chi connectivity index (χ2v) is 6.94. The van der Waals surface area contributed by atoms with Gasteiger partial charge in [0.1, 0.15) is 18.0 Å². The van der Waals surface area contributed by atoms with E-state index in [1.165, 1.54) is 29.5 Å². The molecule has 0 bridgehead atoms. The molecular formula is C22H20N4O5. The number of nitro groups is 2. The number of hydrogen-bond acceptors (Lipinski definition) is 7. The molecule has 0 aliphatic carbocycles. The Kier molecular flexibility index (Phi) is 6.56. The van der Waals surface area contributed by atoms with Crippen molar-refractivity contribution in [3.8, 4) is 5.75 Å². The molecule has 0 unspecified atom stereocenters. The molecule has 3 aromatic carbocycles. The minimum atomic E-state index is -0.702. The van der Waals surface area contributed by atoms with E-state index in [1.54, 1.807) is 24.3 Å². The first-order valence-electron chi connectivity index (χ1n) is 9.34. The van der Waals surface area contributed by atoms with Crippen LogP contribution in [-0.4, -0.2) is 16.1 Å². The molecule has 0 radical (unpaired) electrons. The fourth-order valence-corrected chi connectivity index (χ4v) is 3.02. The standard InChI is InChI=1S/C22H20N4O5/c1-15-9-16(2)11-18(10-15)14-31-20-6-3-17(4-7-20)13-23-24-21-8-5-19(25(27)28)12-22(21)26(29)30/h3-13,24H,14H2,1-2H3/b23-13+. The first-order valence-corrected chi connectivity index (χ1v) is 9.34. The molecular weight excluding hydrogens is 400 g/mol. The van der Waals surface area contributed by atoms with Crippen LogP contribution in [0.3, 0.4) is 0 Å². The van der Waals surface area contributed by atoms with E-state index in [9.17, 15) is 20.2 Å². The molecule has 0 aliphatic rings. The zero-order valence-electron chi connectivity index (χ0n) is 16.9. The molecule has 3 rings (SSSR count). The Morgan fingerprint density at radius 2 is 1.61 bits per heavy atom. The maximum atomic E-state index is 11.1. The summed E-state index contributed by atoms with van der Waals surface area (Å²) in [7, 11) is 0. The SMILES string of the molecule is Cc1cc(C)cc(COc2ccc(/C=N/Nc3ccc([N+](=O)[O-])cc3[N+](=O)[O-])cc2)c1. The Morgan fingerprint density at radius 1 is 0.935 bits per heavy atom. The number of nitrogens with zero attached hydrogens (tertiary/aromatic N) is 3. The van der Waals surface area contributed by atoms with Gasteiger partial charge in [-0.1, -0.05) is 29.3 Å². The molecule has 9 nitrogen and oxygen atoms in total. The molecule has 158 valence electrons. The van der Waals surface area contributed by atoms with Crippen LogP contribution >= 0.6 is 0 Å².